The molecule has 0 fully saturated rings. The molecule has 128 valence electrons. The first-order valence-electron chi connectivity index (χ1n) is 7.93. The summed E-state index contributed by atoms with van der Waals surface area (Å²) >= 11 is 5.94. The molecule has 2 amide bonds. The number of carbonyl (C=O) groups excluding carboxylic acids is 1. The van der Waals surface area contributed by atoms with E-state index in [1.807, 2.05) is 48.5 Å². The molecule has 2 aromatic carbocycles. The first kappa shape index (κ1) is 18.1. The Morgan fingerprint density at radius 1 is 1.12 bits per heavy atom. The monoisotopic (exact) mass is 346 g/mol. The number of methoxy groups -OCH3 is 1. The van der Waals surface area contributed by atoms with E-state index in [0.717, 1.165) is 16.9 Å². The van der Waals surface area contributed by atoms with E-state index < -0.39 is 0 Å². The normalized spacial score (nSPS) is 11.9. The van der Waals surface area contributed by atoms with Gasteiger partial charge in [-0.2, -0.15) is 0 Å². The average molecular weight is 347 g/mol. The molecule has 0 radical (unpaired) electrons. The van der Waals surface area contributed by atoms with E-state index in [1.54, 1.807) is 7.11 Å². The molecule has 0 heterocycles. The molecule has 2 rings (SSSR count). The van der Waals surface area contributed by atoms with Crippen LogP contribution in [0.25, 0.3) is 0 Å². The zero-order valence-corrected chi connectivity index (χ0v) is 14.9. The molecule has 0 unspecified atom stereocenters. The van der Waals surface area contributed by atoms with E-state index in [2.05, 4.69) is 24.5 Å². The van der Waals surface area contributed by atoms with Crippen molar-refractivity contribution in [2.75, 3.05) is 7.11 Å². The molecule has 0 aliphatic heterocycles. The third-order valence-electron chi connectivity index (χ3n) is 3.81. The van der Waals surface area contributed by atoms with Crippen LogP contribution in [-0.4, -0.2) is 13.1 Å². The molecule has 0 saturated carbocycles. The number of nitrogens with one attached hydrogen (secondary N) is 2. The van der Waals surface area contributed by atoms with E-state index in [0.29, 0.717) is 11.6 Å². The fourth-order valence-electron chi connectivity index (χ4n) is 2.52. The van der Waals surface area contributed by atoms with Gasteiger partial charge < -0.3 is 15.4 Å². The molecule has 24 heavy (non-hydrogen) atoms. The summed E-state index contributed by atoms with van der Waals surface area (Å²) in [5.41, 5.74) is 1.96. The molecule has 0 bridgehead atoms. The van der Waals surface area contributed by atoms with Crippen molar-refractivity contribution in [1.29, 1.82) is 0 Å². The summed E-state index contributed by atoms with van der Waals surface area (Å²) in [6, 6.07) is 14.9. The van der Waals surface area contributed by atoms with Gasteiger partial charge in [0.1, 0.15) is 5.75 Å². The first-order valence-corrected chi connectivity index (χ1v) is 8.30. The van der Waals surface area contributed by atoms with Crippen molar-refractivity contribution in [2.45, 2.75) is 26.4 Å². The topological polar surface area (TPSA) is 50.4 Å². The van der Waals surface area contributed by atoms with Gasteiger partial charge in [0.15, 0.2) is 0 Å². The maximum absolute atomic E-state index is 12.3. The van der Waals surface area contributed by atoms with E-state index in [4.69, 9.17) is 16.3 Å². The second-order valence-electron chi connectivity index (χ2n) is 5.91. The quantitative estimate of drug-likeness (QED) is 0.806. The number of hydrogen-bond donors (Lipinski definition) is 2. The molecule has 0 saturated heterocycles. The SMILES string of the molecule is COc1ccccc1CNC(=O)N[C@@H](c1ccc(Cl)cc1)C(C)C. The van der Waals surface area contributed by atoms with E-state index >= 15 is 0 Å². The van der Waals surface area contributed by atoms with Gasteiger partial charge in [-0.3, -0.25) is 0 Å². The van der Waals surface area contributed by atoms with Gasteiger partial charge in [-0.05, 0) is 29.7 Å². The summed E-state index contributed by atoms with van der Waals surface area (Å²) < 4.78 is 5.29. The summed E-state index contributed by atoms with van der Waals surface area (Å²) in [7, 11) is 1.62. The van der Waals surface area contributed by atoms with Gasteiger partial charge >= 0.3 is 6.03 Å². The Balaban J connectivity index is 1.99. The molecule has 0 aromatic heterocycles. The third-order valence-corrected chi connectivity index (χ3v) is 4.07. The van der Waals surface area contributed by atoms with Crippen molar-refractivity contribution >= 4 is 17.6 Å². The third kappa shape index (κ3) is 4.90. The highest BCUT2D eigenvalue weighted by Gasteiger charge is 2.18. The molecule has 2 aromatic rings. The Morgan fingerprint density at radius 3 is 2.42 bits per heavy atom. The van der Waals surface area contributed by atoms with Crippen LogP contribution in [0.15, 0.2) is 48.5 Å². The molecular formula is C19H23ClN2O2. The highest BCUT2D eigenvalue weighted by Crippen LogP contribution is 2.23. The number of halogens is 1. The Bertz CT molecular complexity index is 671. The fourth-order valence-corrected chi connectivity index (χ4v) is 2.65. The van der Waals surface area contributed by atoms with Crippen LogP contribution in [0, 0.1) is 5.92 Å². The van der Waals surface area contributed by atoms with E-state index in [9.17, 15) is 4.79 Å². The molecule has 0 spiro atoms. The lowest BCUT2D eigenvalue weighted by Gasteiger charge is -2.23. The largest absolute Gasteiger partial charge is 0.496 e. The number of carbonyl (C=O) groups is 1. The lowest BCUT2D eigenvalue weighted by molar-refractivity contribution is 0.232. The molecule has 0 aliphatic carbocycles. The van der Waals surface area contributed by atoms with Gasteiger partial charge in [0.05, 0.1) is 13.2 Å². The van der Waals surface area contributed by atoms with Crippen LogP contribution in [0.4, 0.5) is 4.79 Å². The predicted octanol–water partition coefficient (Wildman–Crippen LogP) is 4.55. The minimum atomic E-state index is -0.213. The highest BCUT2D eigenvalue weighted by atomic mass is 35.5. The average Bonchev–Trinajstić information content (AvgIpc) is 2.58. The van der Waals surface area contributed by atoms with Gasteiger partial charge in [0.25, 0.3) is 0 Å². The second kappa shape index (κ2) is 8.60. The smallest absolute Gasteiger partial charge is 0.315 e. The number of benzene rings is 2. The summed E-state index contributed by atoms with van der Waals surface area (Å²) in [6.07, 6.45) is 0. The van der Waals surface area contributed by atoms with Crippen LogP contribution < -0.4 is 15.4 Å². The van der Waals surface area contributed by atoms with Crippen molar-refractivity contribution in [3.63, 3.8) is 0 Å². The predicted molar refractivity (Wildman–Crippen MR) is 97.4 cm³/mol. The molecule has 1 atom stereocenters. The number of amides is 2. The zero-order valence-electron chi connectivity index (χ0n) is 14.2. The Morgan fingerprint density at radius 2 is 1.79 bits per heavy atom. The van der Waals surface area contributed by atoms with Crippen molar-refractivity contribution in [2.24, 2.45) is 5.92 Å². The van der Waals surface area contributed by atoms with E-state index in [1.165, 1.54) is 0 Å². The molecular weight excluding hydrogens is 324 g/mol. The van der Waals surface area contributed by atoms with Crippen LogP contribution >= 0.6 is 11.6 Å². The molecule has 2 N–H and O–H groups in total. The highest BCUT2D eigenvalue weighted by molar-refractivity contribution is 6.30. The van der Waals surface area contributed by atoms with Crippen LogP contribution in [0.1, 0.15) is 31.0 Å². The van der Waals surface area contributed by atoms with Crippen molar-refractivity contribution in [3.05, 3.63) is 64.7 Å². The lowest BCUT2D eigenvalue weighted by Crippen LogP contribution is -2.39. The molecule has 5 heteroatoms. The zero-order chi connectivity index (χ0) is 17.5. The molecule has 4 nitrogen and oxygen atoms in total. The van der Waals surface area contributed by atoms with Crippen molar-refractivity contribution in [3.8, 4) is 5.75 Å². The Labute approximate surface area is 148 Å². The number of para-hydroxylation sites is 1. The minimum Gasteiger partial charge on any atom is -0.496 e. The maximum Gasteiger partial charge on any atom is 0.315 e. The number of urea groups is 1. The van der Waals surface area contributed by atoms with Crippen LogP contribution in [0.3, 0.4) is 0 Å². The standard InChI is InChI=1S/C19H23ClN2O2/c1-13(2)18(14-8-10-16(20)11-9-14)22-19(23)21-12-15-6-4-5-7-17(15)24-3/h4-11,13,18H,12H2,1-3H3,(H2,21,22,23)/t18-/m1/s1. The first-order chi connectivity index (χ1) is 11.5. The summed E-state index contributed by atoms with van der Waals surface area (Å²) in [4.78, 5) is 12.3. The van der Waals surface area contributed by atoms with Gasteiger partial charge in [-0.25, -0.2) is 4.79 Å². The lowest BCUT2D eigenvalue weighted by atomic mass is 9.96. The fraction of sp³-hybridized carbons (Fsp3) is 0.316. The van der Waals surface area contributed by atoms with E-state index in [-0.39, 0.29) is 18.0 Å². The van der Waals surface area contributed by atoms with Crippen molar-refractivity contribution < 1.29 is 9.53 Å². The van der Waals surface area contributed by atoms with Gasteiger partial charge in [-0.15, -0.1) is 0 Å². The van der Waals surface area contributed by atoms with Crippen LogP contribution in [0.5, 0.6) is 5.75 Å². The Hall–Kier alpha value is -2.20. The Kier molecular flexibility index (Phi) is 6.50. The summed E-state index contributed by atoms with van der Waals surface area (Å²) in [6.45, 7) is 4.54. The molecule has 0 aliphatic rings. The van der Waals surface area contributed by atoms with Gasteiger partial charge in [0.2, 0.25) is 0 Å². The van der Waals surface area contributed by atoms with Crippen molar-refractivity contribution in [1.82, 2.24) is 10.6 Å². The van der Waals surface area contributed by atoms with Gasteiger partial charge in [0, 0.05) is 17.1 Å². The summed E-state index contributed by atoms with van der Waals surface area (Å²) in [5, 5.41) is 6.59. The van der Waals surface area contributed by atoms with Crippen LogP contribution in [0.2, 0.25) is 5.02 Å². The number of hydrogen-bond acceptors (Lipinski definition) is 2. The summed E-state index contributed by atoms with van der Waals surface area (Å²) in [5.74, 6) is 1.01. The number of ether oxygens (including phenoxy) is 1. The minimum absolute atomic E-state index is 0.0834. The van der Waals surface area contributed by atoms with Crippen LogP contribution in [-0.2, 0) is 6.54 Å². The number of rotatable bonds is 6. The second-order valence-corrected chi connectivity index (χ2v) is 6.35. The maximum atomic E-state index is 12.3. The van der Waals surface area contributed by atoms with Gasteiger partial charge in [-0.1, -0.05) is 55.8 Å².